The molecule has 1 fully saturated rings. The molecule has 0 spiro atoms. The Morgan fingerprint density at radius 1 is 1.25 bits per heavy atom. The molecule has 6 heteroatoms. The number of rotatable bonds is 5. The van der Waals surface area contributed by atoms with E-state index in [1.165, 1.54) is 12.8 Å². The molecule has 0 bridgehead atoms. The molecule has 1 N–H and O–H groups in total. The zero-order valence-electron chi connectivity index (χ0n) is 13.4. The maximum atomic E-state index is 12.2. The van der Waals surface area contributed by atoms with E-state index in [9.17, 15) is 9.59 Å². The molecule has 0 unspecified atom stereocenters. The van der Waals surface area contributed by atoms with Crippen molar-refractivity contribution >= 4 is 28.5 Å². The fourth-order valence-electron chi connectivity index (χ4n) is 3.05. The van der Waals surface area contributed by atoms with Crippen LogP contribution in [0.3, 0.4) is 0 Å². The summed E-state index contributed by atoms with van der Waals surface area (Å²) in [5, 5.41) is 2.83. The van der Waals surface area contributed by atoms with Crippen LogP contribution in [0.15, 0.2) is 41.5 Å². The molecule has 126 valence electrons. The molecule has 1 aliphatic carbocycles. The molecule has 1 aromatic carbocycles. The fraction of sp³-hybridized carbons (Fsp3) is 0.389. The molecular formula is C18H20IN3O2. The molecule has 1 aliphatic rings. The van der Waals surface area contributed by atoms with Crippen LogP contribution < -0.4 is 10.9 Å². The summed E-state index contributed by atoms with van der Waals surface area (Å²) < 4.78 is 2.64. The first-order valence-corrected chi connectivity index (χ1v) is 9.31. The molecule has 2 aromatic rings. The summed E-state index contributed by atoms with van der Waals surface area (Å²) in [4.78, 5) is 28.7. The lowest BCUT2D eigenvalue weighted by atomic mass is 10.0. The fourth-order valence-corrected chi connectivity index (χ4v) is 3.41. The molecule has 24 heavy (non-hydrogen) atoms. The number of nitrogens with zero attached hydrogens (tertiary/aromatic N) is 2. The van der Waals surface area contributed by atoms with Crippen molar-refractivity contribution in [1.82, 2.24) is 14.9 Å². The van der Waals surface area contributed by atoms with E-state index in [4.69, 9.17) is 0 Å². The average molecular weight is 437 g/mol. The van der Waals surface area contributed by atoms with Gasteiger partial charge in [0.05, 0.1) is 12.0 Å². The number of benzene rings is 1. The Morgan fingerprint density at radius 3 is 2.62 bits per heavy atom. The van der Waals surface area contributed by atoms with Gasteiger partial charge in [0, 0.05) is 34.2 Å². The van der Waals surface area contributed by atoms with Gasteiger partial charge in [-0.2, -0.15) is 0 Å². The van der Waals surface area contributed by atoms with Crippen molar-refractivity contribution in [3.8, 4) is 0 Å². The Labute approximate surface area is 154 Å². The minimum Gasteiger partial charge on any atom is -0.350 e. The van der Waals surface area contributed by atoms with Gasteiger partial charge in [-0.05, 0) is 59.7 Å². The monoisotopic (exact) mass is 437 g/mol. The molecule has 0 aliphatic heterocycles. The van der Waals surface area contributed by atoms with Gasteiger partial charge in [0.25, 0.3) is 11.5 Å². The number of carbonyl (C=O) groups is 1. The second kappa shape index (κ2) is 7.92. The molecule has 0 radical (unpaired) electrons. The summed E-state index contributed by atoms with van der Waals surface area (Å²) in [6.07, 6.45) is 6.30. The summed E-state index contributed by atoms with van der Waals surface area (Å²) in [5.41, 5.74) is 1.49. The number of hydrogen-bond donors (Lipinski definition) is 1. The lowest BCUT2D eigenvalue weighted by molar-refractivity contribution is 0.0952. The quantitative estimate of drug-likeness (QED) is 0.732. The van der Waals surface area contributed by atoms with E-state index in [0.717, 1.165) is 22.1 Å². The molecule has 0 saturated heterocycles. The summed E-state index contributed by atoms with van der Waals surface area (Å²) in [7, 11) is 0. The van der Waals surface area contributed by atoms with Crippen molar-refractivity contribution in [1.29, 1.82) is 0 Å². The van der Waals surface area contributed by atoms with E-state index in [2.05, 4.69) is 32.9 Å². The molecule has 3 rings (SSSR count). The Kier molecular flexibility index (Phi) is 5.65. The number of nitrogens with one attached hydrogen (secondary N) is 1. The zero-order valence-corrected chi connectivity index (χ0v) is 15.5. The third-order valence-electron chi connectivity index (χ3n) is 4.42. The third kappa shape index (κ3) is 4.23. The second-order valence-electron chi connectivity index (χ2n) is 6.09. The van der Waals surface area contributed by atoms with Gasteiger partial charge in [0.15, 0.2) is 0 Å². The van der Waals surface area contributed by atoms with Crippen LogP contribution in [0, 0.1) is 3.57 Å². The highest BCUT2D eigenvalue weighted by atomic mass is 127. The summed E-state index contributed by atoms with van der Waals surface area (Å²) in [6, 6.07) is 9.02. The van der Waals surface area contributed by atoms with E-state index in [-0.39, 0.29) is 11.5 Å². The largest absolute Gasteiger partial charge is 0.350 e. The first-order valence-electron chi connectivity index (χ1n) is 8.23. The van der Waals surface area contributed by atoms with E-state index in [1.807, 2.05) is 12.1 Å². The molecular weight excluding hydrogens is 417 g/mol. The SMILES string of the molecule is O=C(NCCn1cnc(C2CCCC2)cc1=O)c1ccc(I)cc1. The Bertz CT molecular complexity index is 765. The normalized spacial score (nSPS) is 14.7. The highest BCUT2D eigenvalue weighted by molar-refractivity contribution is 14.1. The number of amides is 1. The maximum Gasteiger partial charge on any atom is 0.253 e. The number of aromatic nitrogens is 2. The van der Waals surface area contributed by atoms with Gasteiger partial charge in [-0.3, -0.25) is 14.2 Å². The molecule has 5 nitrogen and oxygen atoms in total. The van der Waals surface area contributed by atoms with Gasteiger partial charge in [0.1, 0.15) is 0 Å². The smallest absolute Gasteiger partial charge is 0.253 e. The highest BCUT2D eigenvalue weighted by Crippen LogP contribution is 2.32. The standard InChI is InChI=1S/C18H20IN3O2/c19-15-7-5-14(6-8-15)18(24)20-9-10-22-12-21-16(11-17(22)23)13-3-1-2-4-13/h5-8,11-13H,1-4,9-10H2,(H,20,24). The molecule has 1 aromatic heterocycles. The van der Waals surface area contributed by atoms with Crippen molar-refractivity contribution in [2.24, 2.45) is 0 Å². The van der Waals surface area contributed by atoms with Gasteiger partial charge >= 0.3 is 0 Å². The van der Waals surface area contributed by atoms with Crippen LogP contribution in [0.1, 0.15) is 47.7 Å². The van der Waals surface area contributed by atoms with Crippen LogP contribution >= 0.6 is 22.6 Å². The van der Waals surface area contributed by atoms with Gasteiger partial charge in [-0.15, -0.1) is 0 Å². The first kappa shape index (κ1) is 17.1. The van der Waals surface area contributed by atoms with Crippen LogP contribution in [0.4, 0.5) is 0 Å². The predicted octanol–water partition coefficient (Wildman–Crippen LogP) is 2.94. The topological polar surface area (TPSA) is 64.0 Å². The van der Waals surface area contributed by atoms with Gasteiger partial charge in [-0.25, -0.2) is 4.98 Å². The van der Waals surface area contributed by atoms with Gasteiger partial charge in [0.2, 0.25) is 0 Å². The molecule has 1 heterocycles. The lowest BCUT2D eigenvalue weighted by Gasteiger charge is -2.11. The van der Waals surface area contributed by atoms with Crippen molar-refractivity contribution in [3.63, 3.8) is 0 Å². The minimum atomic E-state index is -0.130. The third-order valence-corrected chi connectivity index (χ3v) is 5.14. The van der Waals surface area contributed by atoms with Gasteiger partial charge < -0.3 is 5.32 Å². The van der Waals surface area contributed by atoms with Crippen LogP contribution in [0.25, 0.3) is 0 Å². The lowest BCUT2D eigenvalue weighted by Crippen LogP contribution is -2.31. The van der Waals surface area contributed by atoms with E-state index < -0.39 is 0 Å². The average Bonchev–Trinajstić information content (AvgIpc) is 3.11. The Hall–Kier alpha value is -1.70. The first-order chi connectivity index (χ1) is 11.6. The van der Waals surface area contributed by atoms with Crippen LogP contribution in [-0.2, 0) is 6.54 Å². The van der Waals surface area contributed by atoms with Gasteiger partial charge in [-0.1, -0.05) is 12.8 Å². The molecule has 1 saturated carbocycles. The summed E-state index contributed by atoms with van der Waals surface area (Å²) in [6.45, 7) is 0.821. The number of halogens is 1. The molecule has 1 amide bonds. The Morgan fingerprint density at radius 2 is 1.96 bits per heavy atom. The zero-order chi connectivity index (χ0) is 16.9. The van der Waals surface area contributed by atoms with E-state index in [1.54, 1.807) is 29.1 Å². The maximum absolute atomic E-state index is 12.2. The van der Waals surface area contributed by atoms with E-state index >= 15 is 0 Å². The predicted molar refractivity (Wildman–Crippen MR) is 101 cm³/mol. The van der Waals surface area contributed by atoms with Crippen LogP contribution in [0.5, 0.6) is 0 Å². The molecule has 0 atom stereocenters. The summed E-state index contributed by atoms with van der Waals surface area (Å²) in [5.74, 6) is 0.308. The summed E-state index contributed by atoms with van der Waals surface area (Å²) >= 11 is 2.20. The second-order valence-corrected chi connectivity index (χ2v) is 7.34. The Balaban J connectivity index is 1.55. The highest BCUT2D eigenvalue weighted by Gasteiger charge is 2.18. The van der Waals surface area contributed by atoms with Crippen molar-refractivity contribution in [2.75, 3.05) is 6.54 Å². The van der Waals surface area contributed by atoms with E-state index in [0.29, 0.717) is 24.6 Å². The van der Waals surface area contributed by atoms with Crippen molar-refractivity contribution in [3.05, 3.63) is 61.8 Å². The van der Waals surface area contributed by atoms with Crippen molar-refractivity contribution < 1.29 is 4.79 Å². The minimum absolute atomic E-state index is 0.0459. The van der Waals surface area contributed by atoms with Crippen LogP contribution in [-0.4, -0.2) is 22.0 Å². The van der Waals surface area contributed by atoms with Crippen molar-refractivity contribution in [2.45, 2.75) is 38.1 Å². The number of hydrogen-bond acceptors (Lipinski definition) is 3. The number of carbonyl (C=O) groups excluding carboxylic acids is 1. The van der Waals surface area contributed by atoms with Crippen LogP contribution in [0.2, 0.25) is 0 Å².